The minimum Gasteiger partial charge on any atom is -0.341 e. The Bertz CT molecular complexity index is 415. The summed E-state index contributed by atoms with van der Waals surface area (Å²) in [4.78, 5) is 13.7. The molecular formula is C14H20ClNOS. The lowest BCUT2D eigenvalue weighted by Crippen LogP contribution is -2.29. The van der Waals surface area contributed by atoms with Crippen LogP contribution < -0.4 is 0 Å². The van der Waals surface area contributed by atoms with Crippen LogP contribution in [0.15, 0.2) is 24.3 Å². The molecule has 100 valence electrons. The van der Waals surface area contributed by atoms with E-state index < -0.39 is 0 Å². The van der Waals surface area contributed by atoms with E-state index in [4.69, 9.17) is 11.6 Å². The molecule has 0 unspecified atom stereocenters. The quantitative estimate of drug-likeness (QED) is 0.838. The van der Waals surface area contributed by atoms with E-state index in [1.54, 1.807) is 16.7 Å². The minimum absolute atomic E-state index is 0.112. The van der Waals surface area contributed by atoms with Gasteiger partial charge in [-0.15, -0.1) is 11.8 Å². The molecule has 1 aromatic rings. The van der Waals surface area contributed by atoms with Gasteiger partial charge in [-0.1, -0.05) is 50.6 Å². The standard InChI is InChI=1S/C14H20ClNOS/c1-14(2,3)18-10-13(17)16(4)9-11-7-5-6-8-12(11)15/h5-8H,9-10H2,1-4H3. The highest BCUT2D eigenvalue weighted by atomic mass is 35.5. The lowest BCUT2D eigenvalue weighted by atomic mass is 10.2. The summed E-state index contributed by atoms with van der Waals surface area (Å²) in [6, 6.07) is 7.62. The number of amides is 1. The molecule has 4 heteroatoms. The van der Waals surface area contributed by atoms with Crippen molar-refractivity contribution in [1.82, 2.24) is 4.90 Å². The third-order valence-corrected chi connectivity index (χ3v) is 4.05. The van der Waals surface area contributed by atoms with Crippen molar-refractivity contribution in [3.63, 3.8) is 0 Å². The molecule has 0 aliphatic rings. The van der Waals surface area contributed by atoms with Gasteiger partial charge in [0.1, 0.15) is 0 Å². The Morgan fingerprint density at radius 2 is 1.94 bits per heavy atom. The van der Waals surface area contributed by atoms with Gasteiger partial charge in [0.25, 0.3) is 0 Å². The normalized spacial score (nSPS) is 11.4. The molecule has 1 amide bonds. The van der Waals surface area contributed by atoms with Crippen molar-refractivity contribution in [2.75, 3.05) is 12.8 Å². The van der Waals surface area contributed by atoms with Crippen molar-refractivity contribution >= 4 is 29.3 Å². The van der Waals surface area contributed by atoms with Gasteiger partial charge in [-0.25, -0.2) is 0 Å². The molecule has 1 rings (SSSR count). The molecule has 0 N–H and O–H groups in total. The van der Waals surface area contributed by atoms with Gasteiger partial charge in [0.15, 0.2) is 0 Å². The van der Waals surface area contributed by atoms with E-state index in [2.05, 4.69) is 20.8 Å². The van der Waals surface area contributed by atoms with E-state index in [0.29, 0.717) is 17.3 Å². The predicted molar refractivity (Wildman–Crippen MR) is 80.1 cm³/mol. The maximum atomic E-state index is 12.0. The third-order valence-electron chi connectivity index (χ3n) is 2.42. The average Bonchev–Trinajstić information content (AvgIpc) is 2.28. The molecule has 0 aliphatic carbocycles. The summed E-state index contributed by atoms with van der Waals surface area (Å²) >= 11 is 7.74. The largest absolute Gasteiger partial charge is 0.341 e. The highest BCUT2D eigenvalue weighted by molar-refractivity contribution is 8.01. The minimum atomic E-state index is 0.112. The fourth-order valence-corrected chi connectivity index (χ4v) is 2.33. The molecule has 18 heavy (non-hydrogen) atoms. The number of hydrogen-bond acceptors (Lipinski definition) is 2. The van der Waals surface area contributed by atoms with E-state index in [1.807, 2.05) is 31.3 Å². The molecule has 0 fully saturated rings. The van der Waals surface area contributed by atoms with Crippen molar-refractivity contribution in [2.24, 2.45) is 0 Å². The lowest BCUT2D eigenvalue weighted by molar-refractivity contribution is -0.127. The van der Waals surface area contributed by atoms with Gasteiger partial charge >= 0.3 is 0 Å². The summed E-state index contributed by atoms with van der Waals surface area (Å²) in [5, 5.41) is 0.709. The van der Waals surface area contributed by atoms with Crippen LogP contribution in [0.4, 0.5) is 0 Å². The smallest absolute Gasteiger partial charge is 0.232 e. The first-order valence-corrected chi connectivity index (χ1v) is 7.27. The van der Waals surface area contributed by atoms with Crippen LogP contribution in [0.2, 0.25) is 5.02 Å². The maximum Gasteiger partial charge on any atom is 0.232 e. The van der Waals surface area contributed by atoms with Gasteiger partial charge in [0, 0.05) is 23.4 Å². The summed E-state index contributed by atoms with van der Waals surface area (Å²) in [6.07, 6.45) is 0. The maximum absolute atomic E-state index is 12.0. The van der Waals surface area contributed by atoms with Crippen molar-refractivity contribution < 1.29 is 4.79 Å². The molecule has 0 spiro atoms. The second-order valence-electron chi connectivity index (χ2n) is 5.24. The first-order chi connectivity index (χ1) is 8.29. The lowest BCUT2D eigenvalue weighted by Gasteiger charge is -2.21. The Kier molecular flexibility index (Phi) is 5.54. The Hall–Kier alpha value is -0.670. The SMILES string of the molecule is CN(Cc1ccccc1Cl)C(=O)CSC(C)(C)C. The highest BCUT2D eigenvalue weighted by Gasteiger charge is 2.16. The molecule has 0 bridgehead atoms. The van der Waals surface area contributed by atoms with Crippen LogP contribution in [-0.2, 0) is 11.3 Å². The van der Waals surface area contributed by atoms with E-state index in [0.717, 1.165) is 5.56 Å². The summed E-state index contributed by atoms with van der Waals surface area (Å²) in [6.45, 7) is 6.89. The zero-order valence-corrected chi connectivity index (χ0v) is 12.9. The highest BCUT2D eigenvalue weighted by Crippen LogP contribution is 2.23. The molecule has 0 aliphatic heterocycles. The van der Waals surface area contributed by atoms with Crippen LogP contribution >= 0.6 is 23.4 Å². The second kappa shape index (κ2) is 6.48. The first kappa shape index (κ1) is 15.4. The van der Waals surface area contributed by atoms with Crippen LogP contribution in [0.25, 0.3) is 0 Å². The Morgan fingerprint density at radius 3 is 2.50 bits per heavy atom. The molecule has 2 nitrogen and oxygen atoms in total. The van der Waals surface area contributed by atoms with Gasteiger partial charge in [-0.3, -0.25) is 4.79 Å². The third kappa shape index (κ3) is 5.32. The van der Waals surface area contributed by atoms with Crippen LogP contribution in [0.1, 0.15) is 26.3 Å². The number of hydrogen-bond donors (Lipinski definition) is 0. The van der Waals surface area contributed by atoms with Crippen molar-refractivity contribution in [3.8, 4) is 0 Å². The Labute approximate surface area is 119 Å². The summed E-state index contributed by atoms with van der Waals surface area (Å²) < 4.78 is 0.112. The van der Waals surface area contributed by atoms with Gasteiger partial charge in [-0.2, -0.15) is 0 Å². The number of thioether (sulfide) groups is 1. The van der Waals surface area contributed by atoms with Crippen LogP contribution in [0.5, 0.6) is 0 Å². The van der Waals surface area contributed by atoms with Crippen molar-refractivity contribution in [3.05, 3.63) is 34.9 Å². The van der Waals surface area contributed by atoms with E-state index in [-0.39, 0.29) is 10.7 Å². The number of halogens is 1. The monoisotopic (exact) mass is 285 g/mol. The zero-order chi connectivity index (χ0) is 13.8. The van der Waals surface area contributed by atoms with E-state index in [1.165, 1.54) is 0 Å². The molecule has 0 atom stereocenters. The van der Waals surface area contributed by atoms with E-state index >= 15 is 0 Å². The molecule has 0 saturated carbocycles. The fraction of sp³-hybridized carbons (Fsp3) is 0.500. The molecule has 0 radical (unpaired) electrons. The fourth-order valence-electron chi connectivity index (χ4n) is 1.36. The second-order valence-corrected chi connectivity index (χ2v) is 7.45. The van der Waals surface area contributed by atoms with Crippen molar-refractivity contribution in [1.29, 1.82) is 0 Å². The topological polar surface area (TPSA) is 20.3 Å². The molecule has 0 saturated heterocycles. The predicted octanol–water partition coefficient (Wildman–Crippen LogP) is 3.83. The van der Waals surface area contributed by atoms with E-state index in [9.17, 15) is 4.79 Å². The van der Waals surface area contributed by atoms with Crippen LogP contribution in [0, 0.1) is 0 Å². The average molecular weight is 286 g/mol. The van der Waals surface area contributed by atoms with Gasteiger partial charge in [-0.05, 0) is 11.6 Å². The Morgan fingerprint density at radius 1 is 1.33 bits per heavy atom. The molecule has 0 aromatic heterocycles. The van der Waals surface area contributed by atoms with Crippen LogP contribution in [0.3, 0.4) is 0 Å². The number of benzene rings is 1. The summed E-state index contributed by atoms with van der Waals surface area (Å²) in [5.74, 6) is 0.639. The van der Waals surface area contributed by atoms with Gasteiger partial charge in [0.05, 0.1) is 5.75 Å². The van der Waals surface area contributed by atoms with Crippen molar-refractivity contribution in [2.45, 2.75) is 32.1 Å². The van der Waals surface area contributed by atoms with Gasteiger partial charge < -0.3 is 4.90 Å². The van der Waals surface area contributed by atoms with Gasteiger partial charge in [0.2, 0.25) is 5.91 Å². The zero-order valence-electron chi connectivity index (χ0n) is 11.4. The molecule has 0 heterocycles. The Balaban J connectivity index is 2.53. The molecule has 1 aromatic carbocycles. The summed E-state index contributed by atoms with van der Waals surface area (Å²) in [7, 11) is 1.81. The number of carbonyl (C=O) groups is 1. The van der Waals surface area contributed by atoms with Crippen LogP contribution in [-0.4, -0.2) is 28.4 Å². The summed E-state index contributed by atoms with van der Waals surface area (Å²) in [5.41, 5.74) is 0.982. The number of carbonyl (C=O) groups excluding carboxylic acids is 1. The number of nitrogens with zero attached hydrogens (tertiary/aromatic N) is 1. The number of rotatable bonds is 4. The molecular weight excluding hydrogens is 266 g/mol. The first-order valence-electron chi connectivity index (χ1n) is 5.91.